The molecule has 0 N–H and O–H groups in total. The third kappa shape index (κ3) is 2.25. The Balaban J connectivity index is 3.23. The summed E-state index contributed by atoms with van der Waals surface area (Å²) in [5, 5.41) is 21.0. The second-order valence-electron chi connectivity index (χ2n) is 2.67. The monoisotopic (exact) mass is 196 g/mol. The minimum Gasteiger partial charge on any atom is -0.258 e. The Morgan fingerprint density at radius 3 is 1.57 bits per heavy atom. The molecule has 6 heteroatoms. The van der Waals surface area contributed by atoms with Gasteiger partial charge < -0.3 is 0 Å². The van der Waals surface area contributed by atoms with Gasteiger partial charge in [0.05, 0.1) is 9.85 Å². The molecule has 0 aromatic carbocycles. The van der Waals surface area contributed by atoms with Crippen LogP contribution in [0.2, 0.25) is 0 Å². The Kier molecular flexibility index (Phi) is 3.11. The quantitative estimate of drug-likeness (QED) is 0.496. The SMILES string of the molecule is O=[N+]([O-])C1=C([N+](=O)[O-])/C=C\CC/C=C\1. The fraction of sp³-hybridized carbons (Fsp3) is 0.250. The van der Waals surface area contributed by atoms with E-state index in [0.717, 1.165) is 0 Å². The van der Waals surface area contributed by atoms with Crippen LogP contribution in [0.4, 0.5) is 0 Å². The van der Waals surface area contributed by atoms with Gasteiger partial charge in [0.15, 0.2) is 0 Å². The van der Waals surface area contributed by atoms with Crippen LogP contribution in [0, 0.1) is 20.2 Å². The second kappa shape index (κ2) is 4.31. The molecule has 0 saturated carbocycles. The third-order valence-corrected chi connectivity index (χ3v) is 1.71. The van der Waals surface area contributed by atoms with Gasteiger partial charge in [0.1, 0.15) is 0 Å². The lowest BCUT2D eigenvalue weighted by atomic mass is 10.2. The van der Waals surface area contributed by atoms with E-state index in [1.54, 1.807) is 12.2 Å². The number of nitro groups is 2. The van der Waals surface area contributed by atoms with Gasteiger partial charge in [-0.05, 0) is 12.8 Å². The summed E-state index contributed by atoms with van der Waals surface area (Å²) in [6.45, 7) is 0. The van der Waals surface area contributed by atoms with Gasteiger partial charge in [-0.15, -0.1) is 0 Å². The zero-order valence-corrected chi connectivity index (χ0v) is 7.25. The average molecular weight is 196 g/mol. The van der Waals surface area contributed by atoms with E-state index in [4.69, 9.17) is 0 Å². The number of hydrogen-bond acceptors (Lipinski definition) is 4. The normalized spacial score (nSPS) is 26.0. The largest absolute Gasteiger partial charge is 0.345 e. The van der Waals surface area contributed by atoms with E-state index in [1.165, 1.54) is 12.2 Å². The first-order chi connectivity index (χ1) is 6.63. The van der Waals surface area contributed by atoms with Crippen LogP contribution in [0.3, 0.4) is 0 Å². The first-order valence-electron chi connectivity index (χ1n) is 3.99. The molecule has 0 heterocycles. The van der Waals surface area contributed by atoms with Gasteiger partial charge in [0, 0.05) is 12.2 Å². The lowest BCUT2D eigenvalue weighted by Crippen LogP contribution is -2.07. The lowest BCUT2D eigenvalue weighted by Gasteiger charge is -1.96. The van der Waals surface area contributed by atoms with E-state index in [-0.39, 0.29) is 0 Å². The second-order valence-corrected chi connectivity index (χ2v) is 2.67. The van der Waals surface area contributed by atoms with Crippen LogP contribution >= 0.6 is 0 Å². The predicted molar refractivity (Wildman–Crippen MR) is 48.5 cm³/mol. The first-order valence-corrected chi connectivity index (χ1v) is 3.99. The van der Waals surface area contributed by atoms with Crippen molar-refractivity contribution in [3.8, 4) is 0 Å². The van der Waals surface area contributed by atoms with Crippen molar-refractivity contribution in [2.75, 3.05) is 0 Å². The Hall–Kier alpha value is -1.98. The molecule has 14 heavy (non-hydrogen) atoms. The van der Waals surface area contributed by atoms with Gasteiger partial charge in [-0.3, -0.25) is 20.2 Å². The molecule has 0 spiro atoms. The Labute approximate surface area is 79.5 Å². The molecule has 1 rings (SSSR count). The highest BCUT2D eigenvalue weighted by molar-refractivity contribution is 5.24. The summed E-state index contributed by atoms with van der Waals surface area (Å²) in [6.07, 6.45) is 6.79. The predicted octanol–water partition coefficient (Wildman–Crippen LogP) is 1.66. The van der Waals surface area contributed by atoms with Crippen molar-refractivity contribution in [3.05, 3.63) is 55.9 Å². The highest BCUT2D eigenvalue weighted by Gasteiger charge is 2.23. The van der Waals surface area contributed by atoms with Gasteiger partial charge in [0.25, 0.3) is 0 Å². The van der Waals surface area contributed by atoms with Crippen LogP contribution in [0.5, 0.6) is 0 Å². The number of nitrogens with zero attached hydrogens (tertiary/aromatic N) is 2. The van der Waals surface area contributed by atoms with Crippen LogP contribution in [-0.2, 0) is 0 Å². The van der Waals surface area contributed by atoms with Gasteiger partial charge in [-0.2, -0.15) is 0 Å². The van der Waals surface area contributed by atoms with Crippen LogP contribution in [-0.4, -0.2) is 9.85 Å². The van der Waals surface area contributed by atoms with E-state index in [1.807, 2.05) is 0 Å². The molecule has 0 aromatic heterocycles. The maximum Gasteiger partial charge on any atom is 0.345 e. The van der Waals surface area contributed by atoms with Gasteiger partial charge in [0.2, 0.25) is 0 Å². The van der Waals surface area contributed by atoms with Crippen molar-refractivity contribution in [2.24, 2.45) is 0 Å². The summed E-state index contributed by atoms with van der Waals surface area (Å²) in [4.78, 5) is 19.5. The van der Waals surface area contributed by atoms with Crippen LogP contribution in [0.15, 0.2) is 35.7 Å². The van der Waals surface area contributed by atoms with Crippen molar-refractivity contribution < 1.29 is 9.85 Å². The van der Waals surface area contributed by atoms with E-state index in [0.29, 0.717) is 12.8 Å². The Morgan fingerprint density at radius 2 is 1.29 bits per heavy atom. The molecule has 0 bridgehead atoms. The minimum absolute atomic E-state index is 0.467. The first kappa shape index (κ1) is 10.1. The maximum absolute atomic E-state index is 10.5. The highest BCUT2D eigenvalue weighted by Crippen LogP contribution is 2.13. The van der Waals surface area contributed by atoms with E-state index < -0.39 is 21.2 Å². The van der Waals surface area contributed by atoms with Crippen LogP contribution < -0.4 is 0 Å². The van der Waals surface area contributed by atoms with E-state index in [9.17, 15) is 20.2 Å². The molecule has 6 nitrogen and oxygen atoms in total. The molecule has 0 fully saturated rings. The molecule has 0 aliphatic heterocycles. The van der Waals surface area contributed by atoms with Crippen molar-refractivity contribution in [3.63, 3.8) is 0 Å². The average Bonchev–Trinajstić information content (AvgIpc) is 2.01. The van der Waals surface area contributed by atoms with Crippen molar-refractivity contribution >= 4 is 0 Å². The lowest BCUT2D eigenvalue weighted by molar-refractivity contribution is -0.463. The Morgan fingerprint density at radius 1 is 0.929 bits per heavy atom. The van der Waals surface area contributed by atoms with Crippen molar-refractivity contribution in [1.82, 2.24) is 0 Å². The summed E-state index contributed by atoms with van der Waals surface area (Å²) in [7, 11) is 0. The van der Waals surface area contributed by atoms with E-state index in [2.05, 4.69) is 0 Å². The molecule has 0 aromatic rings. The number of allylic oxidation sites excluding steroid dienone is 4. The van der Waals surface area contributed by atoms with Gasteiger partial charge in [-0.25, -0.2) is 0 Å². The summed E-state index contributed by atoms with van der Waals surface area (Å²) in [5.74, 6) is 0. The Bertz CT molecular complexity index is 320. The zero-order chi connectivity index (χ0) is 10.6. The summed E-state index contributed by atoms with van der Waals surface area (Å²) in [5.41, 5.74) is -0.933. The molecule has 0 amide bonds. The number of rotatable bonds is 2. The molecule has 0 saturated heterocycles. The standard InChI is InChI=1S/C8H8N2O4/c11-9(12)7-5-3-1-2-4-6-8(7)10(13)14/h3-6H,1-2H2/b5-3-,6-4-,8-7-. The van der Waals surface area contributed by atoms with Crippen LogP contribution in [0.1, 0.15) is 12.8 Å². The highest BCUT2D eigenvalue weighted by atomic mass is 16.6. The molecule has 1 aliphatic carbocycles. The smallest absolute Gasteiger partial charge is 0.258 e. The molecule has 1 aliphatic rings. The topological polar surface area (TPSA) is 86.3 Å². The molecule has 0 unspecified atom stereocenters. The molecular weight excluding hydrogens is 188 g/mol. The summed E-state index contributed by atoms with van der Waals surface area (Å²) >= 11 is 0. The van der Waals surface area contributed by atoms with Gasteiger partial charge in [-0.1, -0.05) is 12.2 Å². The molecule has 0 atom stereocenters. The zero-order valence-electron chi connectivity index (χ0n) is 7.25. The molecule has 0 radical (unpaired) electrons. The summed E-state index contributed by atoms with van der Waals surface area (Å²) in [6, 6.07) is 0. The maximum atomic E-state index is 10.5. The molecular formula is C8H8N2O4. The van der Waals surface area contributed by atoms with Gasteiger partial charge >= 0.3 is 11.4 Å². The fourth-order valence-corrected chi connectivity index (χ4v) is 1.06. The fourth-order valence-electron chi connectivity index (χ4n) is 1.06. The third-order valence-electron chi connectivity index (χ3n) is 1.71. The van der Waals surface area contributed by atoms with Crippen molar-refractivity contribution in [2.45, 2.75) is 12.8 Å². The number of hydrogen-bond donors (Lipinski definition) is 0. The molecule has 74 valence electrons. The minimum atomic E-state index is -0.746. The van der Waals surface area contributed by atoms with E-state index >= 15 is 0 Å². The van der Waals surface area contributed by atoms with Crippen molar-refractivity contribution in [1.29, 1.82) is 0 Å². The summed E-state index contributed by atoms with van der Waals surface area (Å²) < 4.78 is 0. The van der Waals surface area contributed by atoms with Crippen LogP contribution in [0.25, 0.3) is 0 Å².